The van der Waals surface area contributed by atoms with Crippen LogP contribution >= 0.6 is 0 Å². The third-order valence-corrected chi connectivity index (χ3v) is 7.80. The van der Waals surface area contributed by atoms with Gasteiger partial charge in [0.2, 0.25) is 0 Å². The van der Waals surface area contributed by atoms with Gasteiger partial charge < -0.3 is 23.7 Å². The molecule has 3 aromatic carbocycles. The van der Waals surface area contributed by atoms with E-state index in [2.05, 4.69) is 88.4 Å². The SMILES string of the molecule is C.CC1(C)OCC(COc2ccc(C(C)(C)c3cccc(C(C)(C)c4ccc(OCC5CO5)cc4)c3)cc2)O1. The molecule has 0 aromatic heterocycles. The smallest absolute Gasteiger partial charge is 0.163 e. The quantitative estimate of drug-likeness (QED) is 0.257. The number of benzene rings is 3. The van der Waals surface area contributed by atoms with E-state index in [4.69, 9.17) is 23.7 Å². The summed E-state index contributed by atoms with van der Waals surface area (Å²) in [6, 6.07) is 25.8. The maximum Gasteiger partial charge on any atom is 0.163 e. The van der Waals surface area contributed by atoms with Gasteiger partial charge in [0, 0.05) is 10.8 Å². The molecule has 0 saturated carbocycles. The Balaban J connectivity index is 0.00000353. The van der Waals surface area contributed by atoms with Crippen LogP contribution in [0.15, 0.2) is 72.8 Å². The first-order valence-corrected chi connectivity index (χ1v) is 13.5. The molecule has 3 aromatic rings. The molecule has 0 spiro atoms. The molecule has 2 atom stereocenters. The fourth-order valence-electron chi connectivity index (χ4n) is 4.95. The summed E-state index contributed by atoms with van der Waals surface area (Å²) in [4.78, 5) is 0. The minimum atomic E-state index is -0.533. The van der Waals surface area contributed by atoms with E-state index >= 15 is 0 Å². The van der Waals surface area contributed by atoms with E-state index in [9.17, 15) is 0 Å². The van der Waals surface area contributed by atoms with Crippen molar-refractivity contribution in [2.45, 2.75) is 77.8 Å². The fraction of sp³-hybridized carbons (Fsp3) is 0.471. The molecule has 2 fully saturated rings. The predicted molar refractivity (Wildman–Crippen MR) is 156 cm³/mol. The van der Waals surface area contributed by atoms with E-state index in [-0.39, 0.29) is 30.5 Å². The Kier molecular flexibility index (Phi) is 8.46. The van der Waals surface area contributed by atoms with Crippen LogP contribution in [0.25, 0.3) is 0 Å². The molecular weight excluding hydrogens is 488 g/mol. The zero-order chi connectivity index (χ0) is 27.0. The van der Waals surface area contributed by atoms with Crippen LogP contribution in [0.1, 0.15) is 71.2 Å². The molecular formula is C34H44O5. The van der Waals surface area contributed by atoms with Gasteiger partial charge in [0.05, 0.1) is 13.2 Å². The standard InChI is InChI=1S/C33H40O5.CH4/c1-31(2,23-10-14-27(15-11-23)34-19-29-20-36-29)25-8-7-9-26(18-25)32(3,4)24-12-16-28(17-13-24)35-21-30-22-37-33(5,6)38-30;/h7-18,29-30H,19-22H2,1-6H3;1H4. The lowest BCUT2D eigenvalue weighted by molar-refractivity contribution is -0.141. The number of ether oxygens (including phenoxy) is 5. The molecule has 2 saturated heterocycles. The van der Waals surface area contributed by atoms with Gasteiger partial charge in [-0.3, -0.25) is 0 Å². The number of hydrogen-bond acceptors (Lipinski definition) is 5. The van der Waals surface area contributed by atoms with Crippen LogP contribution in [0.2, 0.25) is 0 Å². The van der Waals surface area contributed by atoms with Crippen LogP contribution < -0.4 is 9.47 Å². The Bertz CT molecular complexity index is 1220. The molecule has 2 heterocycles. The van der Waals surface area contributed by atoms with Gasteiger partial charge in [-0.05, 0) is 60.4 Å². The topological polar surface area (TPSA) is 49.5 Å². The minimum absolute atomic E-state index is 0. The summed E-state index contributed by atoms with van der Waals surface area (Å²) in [5.74, 6) is 1.19. The van der Waals surface area contributed by atoms with Gasteiger partial charge in [-0.2, -0.15) is 0 Å². The van der Waals surface area contributed by atoms with Crippen molar-refractivity contribution in [2.24, 2.45) is 0 Å². The second-order valence-electron chi connectivity index (χ2n) is 11.9. The van der Waals surface area contributed by atoms with Crippen molar-refractivity contribution in [3.05, 3.63) is 95.1 Å². The van der Waals surface area contributed by atoms with Gasteiger partial charge in [-0.1, -0.05) is 83.7 Å². The maximum atomic E-state index is 5.99. The first-order chi connectivity index (χ1) is 18.0. The third kappa shape index (κ3) is 6.84. The van der Waals surface area contributed by atoms with Gasteiger partial charge in [0.25, 0.3) is 0 Å². The van der Waals surface area contributed by atoms with Gasteiger partial charge in [-0.15, -0.1) is 0 Å². The van der Waals surface area contributed by atoms with E-state index in [1.54, 1.807) is 0 Å². The molecule has 210 valence electrons. The lowest BCUT2D eigenvalue weighted by Gasteiger charge is -2.31. The zero-order valence-corrected chi connectivity index (χ0v) is 23.5. The van der Waals surface area contributed by atoms with E-state index in [0.29, 0.717) is 19.8 Å². The van der Waals surface area contributed by atoms with Crippen molar-refractivity contribution >= 4 is 0 Å². The lowest BCUT2D eigenvalue weighted by atomic mass is 9.73. The highest BCUT2D eigenvalue weighted by Gasteiger charge is 2.33. The third-order valence-electron chi connectivity index (χ3n) is 7.80. The molecule has 0 amide bonds. The van der Waals surface area contributed by atoms with Crippen LogP contribution in [0.3, 0.4) is 0 Å². The highest BCUT2D eigenvalue weighted by molar-refractivity contribution is 5.46. The Hall–Kier alpha value is -2.86. The molecule has 0 aliphatic carbocycles. The second kappa shape index (κ2) is 11.3. The summed E-state index contributed by atoms with van der Waals surface area (Å²) in [6.07, 6.45) is 0.212. The van der Waals surface area contributed by atoms with Gasteiger partial charge in [-0.25, -0.2) is 0 Å². The molecule has 2 unspecified atom stereocenters. The summed E-state index contributed by atoms with van der Waals surface area (Å²) in [5, 5.41) is 0. The average molecular weight is 533 g/mol. The van der Waals surface area contributed by atoms with Gasteiger partial charge in [0.15, 0.2) is 5.79 Å². The van der Waals surface area contributed by atoms with Gasteiger partial charge in [0.1, 0.15) is 36.9 Å². The Morgan fingerprint density at radius 2 is 1.15 bits per heavy atom. The highest BCUT2D eigenvalue weighted by Crippen LogP contribution is 2.38. The summed E-state index contributed by atoms with van der Waals surface area (Å²) in [7, 11) is 0. The van der Waals surface area contributed by atoms with Crippen LogP contribution in [-0.2, 0) is 25.0 Å². The van der Waals surface area contributed by atoms with Crippen molar-refractivity contribution in [3.63, 3.8) is 0 Å². The van der Waals surface area contributed by atoms with Crippen molar-refractivity contribution < 1.29 is 23.7 Å². The summed E-state index contributed by atoms with van der Waals surface area (Å²) >= 11 is 0. The van der Waals surface area contributed by atoms with Crippen molar-refractivity contribution in [1.29, 1.82) is 0 Å². The maximum absolute atomic E-state index is 5.99. The molecule has 2 aliphatic rings. The zero-order valence-electron chi connectivity index (χ0n) is 23.5. The number of rotatable bonds is 10. The number of epoxide rings is 1. The van der Waals surface area contributed by atoms with Crippen molar-refractivity contribution in [1.82, 2.24) is 0 Å². The number of hydrogen-bond donors (Lipinski definition) is 0. The van der Waals surface area contributed by atoms with E-state index < -0.39 is 5.79 Å². The summed E-state index contributed by atoms with van der Waals surface area (Å²) in [6.45, 7) is 15.4. The van der Waals surface area contributed by atoms with Crippen LogP contribution in [-0.4, -0.2) is 44.4 Å². The Morgan fingerprint density at radius 1 is 0.692 bits per heavy atom. The lowest BCUT2D eigenvalue weighted by Crippen LogP contribution is -2.25. The summed E-state index contributed by atoms with van der Waals surface area (Å²) < 4.78 is 28.5. The molecule has 2 aliphatic heterocycles. The van der Waals surface area contributed by atoms with Crippen LogP contribution in [0, 0.1) is 0 Å². The minimum Gasteiger partial charge on any atom is -0.491 e. The van der Waals surface area contributed by atoms with Gasteiger partial charge >= 0.3 is 0 Å². The first kappa shape index (κ1) is 29.1. The largest absolute Gasteiger partial charge is 0.491 e. The van der Waals surface area contributed by atoms with Crippen LogP contribution in [0.4, 0.5) is 0 Å². The highest BCUT2D eigenvalue weighted by atomic mass is 16.7. The molecule has 0 radical (unpaired) electrons. The van der Waals surface area contributed by atoms with Crippen molar-refractivity contribution in [2.75, 3.05) is 26.4 Å². The predicted octanol–water partition coefficient (Wildman–Crippen LogP) is 7.28. The fourth-order valence-corrected chi connectivity index (χ4v) is 4.95. The molecule has 5 nitrogen and oxygen atoms in total. The molecule has 0 N–H and O–H groups in total. The average Bonchev–Trinajstić information content (AvgIpc) is 3.68. The Labute approximate surface area is 234 Å². The second-order valence-corrected chi connectivity index (χ2v) is 11.9. The normalized spacial score (nSPS) is 20.3. The molecule has 5 heteroatoms. The van der Waals surface area contributed by atoms with E-state index in [1.165, 1.54) is 22.3 Å². The monoisotopic (exact) mass is 532 g/mol. The first-order valence-electron chi connectivity index (χ1n) is 13.5. The summed E-state index contributed by atoms with van der Waals surface area (Å²) in [5.41, 5.74) is 4.73. The Morgan fingerprint density at radius 3 is 1.56 bits per heavy atom. The molecule has 39 heavy (non-hydrogen) atoms. The van der Waals surface area contributed by atoms with Crippen LogP contribution in [0.5, 0.6) is 11.5 Å². The van der Waals surface area contributed by atoms with E-state index in [1.807, 2.05) is 26.0 Å². The molecule has 0 bridgehead atoms. The molecule has 5 rings (SSSR count). The van der Waals surface area contributed by atoms with Crippen molar-refractivity contribution in [3.8, 4) is 11.5 Å². The van der Waals surface area contributed by atoms with E-state index in [0.717, 1.165) is 18.1 Å².